The molecule has 31 heavy (non-hydrogen) atoms. The van der Waals surface area contributed by atoms with E-state index in [0.717, 1.165) is 5.82 Å². The van der Waals surface area contributed by atoms with Crippen molar-refractivity contribution in [2.75, 3.05) is 41.3 Å². The fourth-order valence-electron chi connectivity index (χ4n) is 3.47. The van der Waals surface area contributed by atoms with Crippen molar-refractivity contribution in [2.45, 2.75) is 6.92 Å². The topological polar surface area (TPSA) is 117 Å². The number of benzene rings is 1. The van der Waals surface area contributed by atoms with E-state index >= 15 is 0 Å². The van der Waals surface area contributed by atoms with Crippen molar-refractivity contribution in [2.24, 2.45) is 0 Å². The minimum Gasteiger partial charge on any atom is -0.353 e. The Morgan fingerprint density at radius 2 is 1.71 bits per heavy atom. The van der Waals surface area contributed by atoms with Crippen LogP contribution in [0.25, 0.3) is 0 Å². The monoisotopic (exact) mass is 419 g/mol. The number of rotatable bonds is 6. The molecule has 0 spiro atoms. The van der Waals surface area contributed by atoms with Crippen molar-refractivity contribution in [3.8, 4) is 0 Å². The van der Waals surface area contributed by atoms with Gasteiger partial charge < -0.3 is 15.1 Å². The Morgan fingerprint density at radius 1 is 1.00 bits per heavy atom. The van der Waals surface area contributed by atoms with E-state index < -0.39 is 4.92 Å². The van der Waals surface area contributed by atoms with Crippen molar-refractivity contribution < 1.29 is 9.72 Å². The molecular formula is C21H21N7O3. The average Bonchev–Trinajstić information content (AvgIpc) is 2.80. The molecule has 1 aliphatic heterocycles. The van der Waals surface area contributed by atoms with Crippen LogP contribution in [0.3, 0.4) is 0 Å². The molecule has 2 aromatic heterocycles. The van der Waals surface area contributed by atoms with Gasteiger partial charge in [-0.15, -0.1) is 0 Å². The molecule has 0 radical (unpaired) electrons. The van der Waals surface area contributed by atoms with Gasteiger partial charge in [-0.05, 0) is 43.3 Å². The summed E-state index contributed by atoms with van der Waals surface area (Å²) in [6, 6.07) is 12.5. The molecule has 1 aliphatic rings. The molecule has 1 saturated heterocycles. The highest BCUT2D eigenvalue weighted by atomic mass is 16.6. The summed E-state index contributed by atoms with van der Waals surface area (Å²) >= 11 is 0. The number of Topliss-reactive ketones (excluding diaryl/α,β-unsaturated/α-hetero) is 1. The number of aromatic nitrogens is 3. The molecule has 3 aromatic rings. The smallest absolute Gasteiger partial charge is 0.353 e. The van der Waals surface area contributed by atoms with Crippen LogP contribution < -0.4 is 15.1 Å². The van der Waals surface area contributed by atoms with Crippen molar-refractivity contribution in [1.29, 1.82) is 0 Å². The standard InChI is InChI=1S/C21H21N7O3/c1-15(29)16-5-7-17(8-6-16)25-20-19(28(30)31)21(24-14-23-20)27-12-10-26(11-13-27)18-4-2-3-9-22-18/h2-9,14H,10-13H2,1H3,(H,23,24,25). The molecule has 158 valence electrons. The van der Waals surface area contributed by atoms with E-state index in [1.807, 2.05) is 23.1 Å². The third-order valence-electron chi connectivity index (χ3n) is 5.09. The number of nitrogens with zero attached hydrogens (tertiary/aromatic N) is 6. The summed E-state index contributed by atoms with van der Waals surface area (Å²) in [5.74, 6) is 1.23. The highest BCUT2D eigenvalue weighted by Gasteiger charge is 2.29. The molecule has 0 aliphatic carbocycles. The minimum atomic E-state index is -0.466. The van der Waals surface area contributed by atoms with E-state index in [2.05, 4.69) is 25.2 Å². The summed E-state index contributed by atoms with van der Waals surface area (Å²) in [6.45, 7) is 3.97. The normalized spacial score (nSPS) is 13.7. The van der Waals surface area contributed by atoms with Gasteiger partial charge >= 0.3 is 5.69 Å². The number of hydrogen-bond donors (Lipinski definition) is 1. The quantitative estimate of drug-likeness (QED) is 0.365. The predicted molar refractivity (Wildman–Crippen MR) is 117 cm³/mol. The fraction of sp³-hybridized carbons (Fsp3) is 0.238. The number of nitrogens with one attached hydrogen (secondary N) is 1. The second kappa shape index (κ2) is 8.74. The number of anilines is 4. The van der Waals surface area contributed by atoms with Crippen LogP contribution in [0.2, 0.25) is 0 Å². The first kappa shape index (κ1) is 20.2. The van der Waals surface area contributed by atoms with Crippen molar-refractivity contribution in [3.05, 3.63) is 70.7 Å². The summed E-state index contributed by atoms with van der Waals surface area (Å²) < 4.78 is 0. The number of ketones is 1. The Balaban J connectivity index is 1.55. The molecule has 0 bridgehead atoms. The van der Waals surface area contributed by atoms with Crippen LogP contribution in [0.15, 0.2) is 55.0 Å². The molecule has 3 heterocycles. The predicted octanol–water partition coefficient (Wildman–Crippen LogP) is 3.05. The molecule has 1 N–H and O–H groups in total. The van der Waals surface area contributed by atoms with Gasteiger partial charge in [0.15, 0.2) is 5.78 Å². The van der Waals surface area contributed by atoms with E-state index in [1.165, 1.54) is 13.3 Å². The van der Waals surface area contributed by atoms with Gasteiger partial charge in [0, 0.05) is 43.6 Å². The van der Waals surface area contributed by atoms with Crippen LogP contribution in [0.4, 0.5) is 28.8 Å². The highest BCUT2D eigenvalue weighted by Crippen LogP contribution is 2.34. The zero-order valence-electron chi connectivity index (χ0n) is 16.9. The van der Waals surface area contributed by atoms with Crippen molar-refractivity contribution in [1.82, 2.24) is 15.0 Å². The van der Waals surface area contributed by atoms with Gasteiger partial charge in [-0.1, -0.05) is 6.07 Å². The van der Waals surface area contributed by atoms with Crippen LogP contribution in [0.5, 0.6) is 0 Å². The lowest BCUT2D eigenvalue weighted by molar-refractivity contribution is -0.383. The van der Waals surface area contributed by atoms with Gasteiger partial charge in [-0.3, -0.25) is 14.9 Å². The minimum absolute atomic E-state index is 0.0494. The maximum atomic E-state index is 11.9. The lowest BCUT2D eigenvalue weighted by atomic mass is 10.1. The second-order valence-electron chi connectivity index (χ2n) is 7.07. The van der Waals surface area contributed by atoms with E-state index in [1.54, 1.807) is 30.5 Å². The van der Waals surface area contributed by atoms with Crippen LogP contribution >= 0.6 is 0 Å². The molecule has 4 rings (SSSR count). The van der Waals surface area contributed by atoms with Crippen LogP contribution in [-0.2, 0) is 0 Å². The molecule has 10 heteroatoms. The molecule has 1 fully saturated rings. The summed E-state index contributed by atoms with van der Waals surface area (Å²) in [4.78, 5) is 39.6. The van der Waals surface area contributed by atoms with Gasteiger partial charge in [-0.25, -0.2) is 15.0 Å². The van der Waals surface area contributed by atoms with E-state index in [4.69, 9.17) is 0 Å². The first-order valence-electron chi connectivity index (χ1n) is 9.81. The third kappa shape index (κ3) is 4.42. The first-order chi connectivity index (χ1) is 15.0. The number of pyridine rings is 1. The van der Waals surface area contributed by atoms with Gasteiger partial charge in [0.25, 0.3) is 0 Å². The van der Waals surface area contributed by atoms with Gasteiger partial charge in [0.2, 0.25) is 11.6 Å². The Kier molecular flexibility index (Phi) is 5.69. The van der Waals surface area contributed by atoms with Crippen LogP contribution in [0.1, 0.15) is 17.3 Å². The molecule has 0 amide bonds. The number of carbonyl (C=O) groups excluding carboxylic acids is 1. The van der Waals surface area contributed by atoms with E-state index in [9.17, 15) is 14.9 Å². The Hall–Kier alpha value is -4.08. The SMILES string of the molecule is CC(=O)c1ccc(Nc2ncnc(N3CCN(c4ccccn4)CC3)c2[N+](=O)[O-])cc1. The maximum absolute atomic E-state index is 11.9. The highest BCUT2D eigenvalue weighted by molar-refractivity contribution is 5.94. The largest absolute Gasteiger partial charge is 0.353 e. The number of hydrogen-bond acceptors (Lipinski definition) is 9. The third-order valence-corrected chi connectivity index (χ3v) is 5.09. The summed E-state index contributed by atoms with van der Waals surface area (Å²) in [6.07, 6.45) is 3.07. The zero-order valence-corrected chi connectivity index (χ0v) is 16.9. The van der Waals surface area contributed by atoms with E-state index in [-0.39, 0.29) is 23.1 Å². The number of carbonyl (C=O) groups is 1. The molecule has 0 atom stereocenters. The van der Waals surface area contributed by atoms with E-state index in [0.29, 0.717) is 37.4 Å². The van der Waals surface area contributed by atoms with Gasteiger partial charge in [0.1, 0.15) is 12.1 Å². The fourth-order valence-corrected chi connectivity index (χ4v) is 3.47. The molecular weight excluding hydrogens is 398 g/mol. The molecule has 10 nitrogen and oxygen atoms in total. The zero-order chi connectivity index (χ0) is 21.8. The molecule has 1 aromatic carbocycles. The van der Waals surface area contributed by atoms with Crippen LogP contribution in [-0.4, -0.2) is 51.8 Å². The van der Waals surface area contributed by atoms with Crippen LogP contribution in [0, 0.1) is 10.1 Å². The summed E-state index contributed by atoms with van der Waals surface area (Å²) in [5, 5.41) is 14.9. The van der Waals surface area contributed by atoms with Crippen molar-refractivity contribution in [3.63, 3.8) is 0 Å². The molecule has 0 unspecified atom stereocenters. The Morgan fingerprint density at radius 3 is 2.32 bits per heavy atom. The first-order valence-corrected chi connectivity index (χ1v) is 9.81. The number of piperazine rings is 1. The second-order valence-corrected chi connectivity index (χ2v) is 7.07. The Bertz CT molecular complexity index is 1080. The molecule has 0 saturated carbocycles. The average molecular weight is 419 g/mol. The Labute approximate surface area is 178 Å². The number of nitro groups is 1. The van der Waals surface area contributed by atoms with Gasteiger partial charge in [0.05, 0.1) is 4.92 Å². The lowest BCUT2D eigenvalue weighted by Gasteiger charge is -2.35. The maximum Gasteiger partial charge on any atom is 0.353 e. The summed E-state index contributed by atoms with van der Waals surface area (Å²) in [5.41, 5.74) is 0.983. The van der Waals surface area contributed by atoms with Crippen molar-refractivity contribution >= 4 is 34.6 Å². The lowest BCUT2D eigenvalue weighted by Crippen LogP contribution is -2.47. The summed E-state index contributed by atoms with van der Waals surface area (Å²) in [7, 11) is 0. The van der Waals surface area contributed by atoms with Gasteiger partial charge in [-0.2, -0.15) is 0 Å².